The van der Waals surface area contributed by atoms with Gasteiger partial charge in [0.2, 0.25) is 11.8 Å². The van der Waals surface area contributed by atoms with Gasteiger partial charge in [0.15, 0.2) is 11.5 Å². The number of hydrogen-bond acceptors (Lipinski definition) is 4. The number of amides is 2. The molecule has 0 saturated carbocycles. The number of carbonyl (C=O) groups is 2. The first-order chi connectivity index (χ1) is 13.1. The van der Waals surface area contributed by atoms with Crippen molar-refractivity contribution < 1.29 is 19.1 Å². The highest BCUT2D eigenvalue weighted by atomic mass is 16.5. The summed E-state index contributed by atoms with van der Waals surface area (Å²) in [6, 6.07) is 12.5. The van der Waals surface area contributed by atoms with E-state index >= 15 is 0 Å². The van der Waals surface area contributed by atoms with E-state index in [0.717, 1.165) is 12.0 Å². The molecule has 2 rings (SSSR count). The predicted molar refractivity (Wildman–Crippen MR) is 107 cm³/mol. The van der Waals surface area contributed by atoms with E-state index < -0.39 is 0 Å². The molecular formula is C21H24N2O4. The topological polar surface area (TPSA) is 76.7 Å². The maximum atomic E-state index is 12.3. The summed E-state index contributed by atoms with van der Waals surface area (Å²) in [5, 5.41) is 5.59. The average Bonchev–Trinajstić information content (AvgIpc) is 2.67. The molecule has 0 aliphatic carbocycles. The number of para-hydroxylation sites is 2. The van der Waals surface area contributed by atoms with E-state index in [1.54, 1.807) is 56.7 Å². The quantitative estimate of drug-likeness (QED) is 0.688. The van der Waals surface area contributed by atoms with Crippen LogP contribution in [-0.4, -0.2) is 26.0 Å². The lowest BCUT2D eigenvalue weighted by atomic mass is 10.2. The summed E-state index contributed by atoms with van der Waals surface area (Å²) in [6.07, 6.45) is 4.29. The number of nitrogens with one attached hydrogen (secondary N) is 2. The Bertz CT molecular complexity index is 831. The van der Waals surface area contributed by atoms with E-state index in [1.165, 1.54) is 6.08 Å². The molecule has 0 spiro atoms. The Kier molecular flexibility index (Phi) is 7.43. The molecule has 2 N–H and O–H groups in total. The van der Waals surface area contributed by atoms with Crippen LogP contribution in [0.25, 0.3) is 6.08 Å². The molecule has 0 radical (unpaired) electrons. The highest BCUT2D eigenvalue weighted by Gasteiger charge is 2.08. The second-order valence-corrected chi connectivity index (χ2v) is 5.78. The lowest BCUT2D eigenvalue weighted by Crippen LogP contribution is -2.14. The summed E-state index contributed by atoms with van der Waals surface area (Å²) in [5.41, 5.74) is 1.92. The zero-order valence-corrected chi connectivity index (χ0v) is 15.7. The van der Waals surface area contributed by atoms with Crippen molar-refractivity contribution in [2.24, 2.45) is 0 Å². The molecule has 142 valence electrons. The minimum atomic E-state index is -0.304. The van der Waals surface area contributed by atoms with Crippen molar-refractivity contribution in [3.8, 4) is 11.5 Å². The molecular weight excluding hydrogens is 344 g/mol. The molecule has 0 fully saturated rings. The Morgan fingerprint density at radius 1 is 0.963 bits per heavy atom. The van der Waals surface area contributed by atoms with Crippen LogP contribution in [0.2, 0.25) is 0 Å². The minimum Gasteiger partial charge on any atom is -0.493 e. The number of benzene rings is 2. The maximum Gasteiger partial charge on any atom is 0.248 e. The van der Waals surface area contributed by atoms with Crippen LogP contribution in [0.15, 0.2) is 48.5 Å². The number of methoxy groups -OCH3 is 2. The maximum absolute atomic E-state index is 12.3. The van der Waals surface area contributed by atoms with Gasteiger partial charge in [-0.15, -0.1) is 0 Å². The van der Waals surface area contributed by atoms with Crippen LogP contribution >= 0.6 is 0 Å². The zero-order chi connectivity index (χ0) is 19.6. The monoisotopic (exact) mass is 368 g/mol. The van der Waals surface area contributed by atoms with Crippen LogP contribution in [0.4, 0.5) is 11.4 Å². The lowest BCUT2D eigenvalue weighted by molar-refractivity contribution is -0.116. The van der Waals surface area contributed by atoms with Crippen molar-refractivity contribution in [2.75, 3.05) is 24.9 Å². The average molecular weight is 368 g/mol. The summed E-state index contributed by atoms with van der Waals surface area (Å²) in [4.78, 5) is 24.1. The zero-order valence-electron chi connectivity index (χ0n) is 15.7. The van der Waals surface area contributed by atoms with E-state index in [4.69, 9.17) is 9.47 Å². The highest BCUT2D eigenvalue weighted by molar-refractivity contribution is 6.05. The first-order valence-corrected chi connectivity index (χ1v) is 8.67. The fraction of sp³-hybridized carbons (Fsp3) is 0.238. The van der Waals surface area contributed by atoms with Crippen LogP contribution < -0.4 is 20.1 Å². The van der Waals surface area contributed by atoms with Crippen LogP contribution in [0.1, 0.15) is 25.3 Å². The van der Waals surface area contributed by atoms with E-state index in [9.17, 15) is 9.59 Å². The highest BCUT2D eigenvalue weighted by Crippen LogP contribution is 2.28. The van der Waals surface area contributed by atoms with Gasteiger partial charge in [0.1, 0.15) is 0 Å². The Morgan fingerprint density at radius 3 is 2.26 bits per heavy atom. The molecule has 0 saturated heterocycles. The van der Waals surface area contributed by atoms with Crippen molar-refractivity contribution in [1.82, 2.24) is 0 Å². The molecule has 0 heterocycles. The van der Waals surface area contributed by atoms with Crippen molar-refractivity contribution in [3.63, 3.8) is 0 Å². The Balaban J connectivity index is 2.08. The van der Waals surface area contributed by atoms with Crippen molar-refractivity contribution in [1.29, 1.82) is 0 Å². The molecule has 0 unspecified atom stereocenters. The van der Waals surface area contributed by atoms with Crippen LogP contribution in [0, 0.1) is 0 Å². The molecule has 6 heteroatoms. The molecule has 0 aliphatic heterocycles. The van der Waals surface area contributed by atoms with Gasteiger partial charge in [-0.25, -0.2) is 0 Å². The summed E-state index contributed by atoms with van der Waals surface area (Å²) in [7, 11) is 3.12. The van der Waals surface area contributed by atoms with Crippen molar-refractivity contribution in [2.45, 2.75) is 19.8 Å². The third-order valence-corrected chi connectivity index (χ3v) is 3.77. The van der Waals surface area contributed by atoms with Crippen LogP contribution in [0.3, 0.4) is 0 Å². The van der Waals surface area contributed by atoms with Gasteiger partial charge in [-0.05, 0) is 42.3 Å². The number of rotatable bonds is 8. The van der Waals surface area contributed by atoms with Gasteiger partial charge in [-0.1, -0.05) is 25.1 Å². The van der Waals surface area contributed by atoms with Gasteiger partial charge in [0.05, 0.1) is 25.6 Å². The first-order valence-electron chi connectivity index (χ1n) is 8.67. The van der Waals surface area contributed by atoms with Crippen LogP contribution in [0.5, 0.6) is 11.5 Å². The minimum absolute atomic E-state index is 0.0833. The largest absolute Gasteiger partial charge is 0.493 e. The molecule has 2 aromatic rings. The van der Waals surface area contributed by atoms with Gasteiger partial charge in [-0.2, -0.15) is 0 Å². The van der Waals surface area contributed by atoms with Gasteiger partial charge in [0.25, 0.3) is 0 Å². The van der Waals surface area contributed by atoms with Crippen LogP contribution in [-0.2, 0) is 9.59 Å². The van der Waals surface area contributed by atoms with E-state index in [2.05, 4.69) is 10.6 Å². The Morgan fingerprint density at radius 2 is 1.63 bits per heavy atom. The number of hydrogen-bond donors (Lipinski definition) is 2. The third-order valence-electron chi connectivity index (χ3n) is 3.77. The molecule has 0 bridgehead atoms. The fourth-order valence-electron chi connectivity index (χ4n) is 2.44. The van der Waals surface area contributed by atoms with Gasteiger partial charge in [-0.3, -0.25) is 9.59 Å². The number of ether oxygens (including phenoxy) is 2. The molecule has 2 amide bonds. The first kappa shape index (κ1) is 20.0. The number of anilines is 2. The summed E-state index contributed by atoms with van der Waals surface area (Å²) in [5.74, 6) is 0.821. The van der Waals surface area contributed by atoms with E-state index in [0.29, 0.717) is 29.3 Å². The molecule has 0 aliphatic rings. The molecule has 27 heavy (non-hydrogen) atoms. The van der Waals surface area contributed by atoms with Gasteiger partial charge >= 0.3 is 0 Å². The molecule has 6 nitrogen and oxygen atoms in total. The Hall–Kier alpha value is -3.28. The fourth-order valence-corrected chi connectivity index (χ4v) is 2.44. The second kappa shape index (κ2) is 10.0. The number of carbonyl (C=O) groups excluding carboxylic acids is 2. The van der Waals surface area contributed by atoms with Crippen molar-refractivity contribution >= 4 is 29.3 Å². The van der Waals surface area contributed by atoms with E-state index in [1.807, 2.05) is 13.0 Å². The Labute approximate surface area is 159 Å². The van der Waals surface area contributed by atoms with Gasteiger partial charge < -0.3 is 20.1 Å². The standard InChI is InChI=1S/C21H24N2O4/c1-4-7-20(24)22-16-8-5-6-9-17(16)23-21(25)13-11-15-10-12-18(26-2)19(14-15)27-3/h5-6,8-14H,4,7H2,1-3H3,(H,22,24)(H,23,25). The molecule has 0 aromatic heterocycles. The van der Waals surface area contributed by atoms with E-state index in [-0.39, 0.29) is 11.8 Å². The normalized spacial score (nSPS) is 10.5. The third kappa shape index (κ3) is 5.88. The molecule has 2 aromatic carbocycles. The smallest absolute Gasteiger partial charge is 0.248 e. The van der Waals surface area contributed by atoms with Crippen molar-refractivity contribution in [3.05, 3.63) is 54.1 Å². The summed E-state index contributed by atoms with van der Waals surface area (Å²) < 4.78 is 10.4. The predicted octanol–water partition coefficient (Wildman–Crippen LogP) is 4.09. The second-order valence-electron chi connectivity index (χ2n) is 5.78. The van der Waals surface area contributed by atoms with Gasteiger partial charge in [0, 0.05) is 12.5 Å². The lowest BCUT2D eigenvalue weighted by Gasteiger charge is -2.11. The molecule has 0 atom stereocenters. The SMILES string of the molecule is CCCC(=O)Nc1ccccc1NC(=O)C=Cc1ccc(OC)c(OC)c1. The summed E-state index contributed by atoms with van der Waals surface area (Å²) in [6.45, 7) is 1.94. The summed E-state index contributed by atoms with van der Waals surface area (Å²) >= 11 is 0.